The first-order valence-corrected chi connectivity index (χ1v) is 7.87. The molecule has 3 N–H and O–H groups in total. The molecule has 0 saturated carbocycles. The number of rotatable bonds is 8. The van der Waals surface area contributed by atoms with Crippen molar-refractivity contribution in [1.82, 2.24) is 10.3 Å². The SMILES string of the molecule is C=CCOc1ccccc1CNC(=O)c1csc(CCN)n1. The zero-order valence-electron chi connectivity index (χ0n) is 12.2. The largest absolute Gasteiger partial charge is 0.489 e. The van der Waals surface area contributed by atoms with Crippen molar-refractivity contribution in [3.8, 4) is 5.75 Å². The number of carbonyl (C=O) groups excluding carboxylic acids is 1. The normalized spacial score (nSPS) is 10.2. The third-order valence-corrected chi connectivity index (χ3v) is 3.82. The van der Waals surface area contributed by atoms with Gasteiger partial charge in [0, 0.05) is 23.9 Å². The molecule has 2 aromatic rings. The minimum absolute atomic E-state index is 0.196. The third kappa shape index (κ3) is 4.41. The van der Waals surface area contributed by atoms with E-state index < -0.39 is 0 Å². The molecular formula is C16H19N3O2S. The number of thiazole rings is 1. The summed E-state index contributed by atoms with van der Waals surface area (Å²) in [5, 5.41) is 5.48. The lowest BCUT2D eigenvalue weighted by Gasteiger charge is -2.10. The van der Waals surface area contributed by atoms with Gasteiger partial charge in [-0.2, -0.15) is 0 Å². The monoisotopic (exact) mass is 317 g/mol. The van der Waals surface area contributed by atoms with Crippen LogP contribution < -0.4 is 15.8 Å². The van der Waals surface area contributed by atoms with Crippen molar-refractivity contribution < 1.29 is 9.53 Å². The van der Waals surface area contributed by atoms with Gasteiger partial charge in [0.2, 0.25) is 0 Å². The van der Waals surface area contributed by atoms with Gasteiger partial charge in [-0.1, -0.05) is 30.9 Å². The van der Waals surface area contributed by atoms with Crippen molar-refractivity contribution in [2.45, 2.75) is 13.0 Å². The van der Waals surface area contributed by atoms with E-state index in [0.717, 1.165) is 16.3 Å². The van der Waals surface area contributed by atoms with Crippen LogP contribution in [0, 0.1) is 0 Å². The van der Waals surface area contributed by atoms with Crippen LogP contribution >= 0.6 is 11.3 Å². The van der Waals surface area contributed by atoms with Gasteiger partial charge in [-0.3, -0.25) is 4.79 Å². The summed E-state index contributed by atoms with van der Waals surface area (Å²) in [5.74, 6) is 0.544. The number of ether oxygens (including phenoxy) is 1. The first-order valence-electron chi connectivity index (χ1n) is 6.99. The zero-order chi connectivity index (χ0) is 15.8. The number of hydrogen-bond acceptors (Lipinski definition) is 5. The lowest BCUT2D eigenvalue weighted by molar-refractivity contribution is 0.0946. The number of carbonyl (C=O) groups is 1. The lowest BCUT2D eigenvalue weighted by Crippen LogP contribution is -2.23. The average Bonchev–Trinajstić information content (AvgIpc) is 3.00. The summed E-state index contributed by atoms with van der Waals surface area (Å²) in [6.07, 6.45) is 2.37. The molecule has 1 amide bonds. The highest BCUT2D eigenvalue weighted by Crippen LogP contribution is 2.18. The Morgan fingerprint density at radius 1 is 1.45 bits per heavy atom. The van der Waals surface area contributed by atoms with E-state index in [2.05, 4.69) is 16.9 Å². The molecule has 0 saturated heterocycles. The minimum Gasteiger partial charge on any atom is -0.489 e. The Balaban J connectivity index is 1.96. The number of benzene rings is 1. The van der Waals surface area contributed by atoms with Crippen molar-refractivity contribution >= 4 is 17.2 Å². The summed E-state index contributed by atoms with van der Waals surface area (Å²) in [5.41, 5.74) is 6.82. The molecule has 0 unspecified atom stereocenters. The second-order valence-corrected chi connectivity index (χ2v) is 5.50. The van der Waals surface area contributed by atoms with Crippen LogP contribution in [0.4, 0.5) is 0 Å². The average molecular weight is 317 g/mol. The molecule has 116 valence electrons. The maximum atomic E-state index is 12.1. The van der Waals surface area contributed by atoms with Gasteiger partial charge in [0.25, 0.3) is 5.91 Å². The summed E-state index contributed by atoms with van der Waals surface area (Å²) in [6.45, 7) is 4.97. The molecule has 0 aliphatic carbocycles. The summed E-state index contributed by atoms with van der Waals surface area (Å²) in [4.78, 5) is 16.4. The Morgan fingerprint density at radius 3 is 3.05 bits per heavy atom. The molecule has 22 heavy (non-hydrogen) atoms. The smallest absolute Gasteiger partial charge is 0.271 e. The summed E-state index contributed by atoms with van der Waals surface area (Å²) >= 11 is 1.45. The van der Waals surface area contributed by atoms with Crippen molar-refractivity contribution in [1.29, 1.82) is 0 Å². The van der Waals surface area contributed by atoms with Gasteiger partial charge in [0.1, 0.15) is 18.1 Å². The molecule has 0 aliphatic rings. The Morgan fingerprint density at radius 2 is 2.27 bits per heavy atom. The van der Waals surface area contributed by atoms with E-state index in [1.807, 2.05) is 24.3 Å². The molecule has 1 aromatic heterocycles. The zero-order valence-corrected chi connectivity index (χ0v) is 13.1. The maximum Gasteiger partial charge on any atom is 0.271 e. The topological polar surface area (TPSA) is 77.2 Å². The predicted octanol–water partition coefficient (Wildman–Crippen LogP) is 2.14. The molecule has 0 radical (unpaired) electrons. The predicted molar refractivity (Wildman–Crippen MR) is 88.2 cm³/mol. The van der Waals surface area contributed by atoms with Crippen LogP contribution in [-0.4, -0.2) is 24.0 Å². The molecule has 1 heterocycles. The lowest BCUT2D eigenvalue weighted by atomic mass is 10.2. The van der Waals surface area contributed by atoms with Crippen molar-refractivity contribution in [2.24, 2.45) is 5.73 Å². The fraction of sp³-hybridized carbons (Fsp3) is 0.250. The van der Waals surface area contributed by atoms with Crippen molar-refractivity contribution in [2.75, 3.05) is 13.2 Å². The van der Waals surface area contributed by atoms with Crippen molar-refractivity contribution in [3.63, 3.8) is 0 Å². The molecule has 6 heteroatoms. The minimum atomic E-state index is -0.196. The fourth-order valence-electron chi connectivity index (χ4n) is 1.86. The highest BCUT2D eigenvalue weighted by atomic mass is 32.1. The highest BCUT2D eigenvalue weighted by Gasteiger charge is 2.11. The first-order chi connectivity index (χ1) is 10.7. The Kier molecular flexibility index (Phi) is 6.12. The van der Waals surface area contributed by atoms with Crippen LogP contribution in [-0.2, 0) is 13.0 Å². The number of aromatic nitrogens is 1. The fourth-order valence-corrected chi connectivity index (χ4v) is 2.65. The van der Waals surface area contributed by atoms with Gasteiger partial charge >= 0.3 is 0 Å². The molecule has 0 atom stereocenters. The van der Waals surface area contributed by atoms with E-state index in [4.69, 9.17) is 10.5 Å². The van der Waals surface area contributed by atoms with Crippen LogP contribution in [0.1, 0.15) is 21.1 Å². The molecule has 0 fully saturated rings. The second kappa shape index (κ2) is 8.31. The molecule has 5 nitrogen and oxygen atoms in total. The van der Waals surface area contributed by atoms with Crippen LogP contribution in [0.5, 0.6) is 5.75 Å². The standard InChI is InChI=1S/C16H19N3O2S/c1-2-9-21-14-6-4-3-5-12(14)10-18-16(20)13-11-22-15(19-13)7-8-17/h2-6,11H,1,7-10,17H2,(H,18,20). The van der Waals surface area contributed by atoms with E-state index in [-0.39, 0.29) is 5.91 Å². The summed E-state index contributed by atoms with van der Waals surface area (Å²) < 4.78 is 5.56. The van der Waals surface area contributed by atoms with E-state index in [9.17, 15) is 4.79 Å². The van der Waals surface area contributed by atoms with E-state index >= 15 is 0 Å². The highest BCUT2D eigenvalue weighted by molar-refractivity contribution is 7.09. The summed E-state index contributed by atoms with van der Waals surface area (Å²) in [7, 11) is 0. The number of amides is 1. The Hall–Kier alpha value is -2.18. The number of para-hydroxylation sites is 1. The first kappa shape index (κ1) is 16.2. The van der Waals surface area contributed by atoms with E-state index in [1.54, 1.807) is 11.5 Å². The van der Waals surface area contributed by atoms with Gasteiger partial charge in [0.05, 0.1) is 5.01 Å². The van der Waals surface area contributed by atoms with Gasteiger partial charge < -0.3 is 15.8 Å². The molecule has 0 bridgehead atoms. The van der Waals surface area contributed by atoms with Crippen LogP contribution in [0.25, 0.3) is 0 Å². The maximum absolute atomic E-state index is 12.1. The van der Waals surface area contributed by atoms with Gasteiger partial charge in [-0.05, 0) is 12.6 Å². The third-order valence-electron chi connectivity index (χ3n) is 2.91. The van der Waals surface area contributed by atoms with Gasteiger partial charge in [0.15, 0.2) is 0 Å². The second-order valence-electron chi connectivity index (χ2n) is 4.56. The molecule has 0 aliphatic heterocycles. The molecule has 1 aromatic carbocycles. The number of nitrogens with one attached hydrogen (secondary N) is 1. The Bertz CT molecular complexity index is 640. The molecular weight excluding hydrogens is 298 g/mol. The van der Waals surface area contributed by atoms with Crippen molar-refractivity contribution in [3.05, 3.63) is 58.6 Å². The van der Waals surface area contributed by atoms with E-state index in [1.165, 1.54) is 11.3 Å². The van der Waals surface area contributed by atoms with Crippen LogP contribution in [0.3, 0.4) is 0 Å². The number of nitrogens with zero attached hydrogens (tertiary/aromatic N) is 1. The number of nitrogens with two attached hydrogens (primary N) is 1. The molecule has 0 spiro atoms. The van der Waals surface area contributed by atoms with E-state index in [0.29, 0.717) is 31.8 Å². The number of hydrogen-bond donors (Lipinski definition) is 2. The Labute approximate surface area is 133 Å². The summed E-state index contributed by atoms with van der Waals surface area (Å²) in [6, 6.07) is 7.58. The molecule has 2 rings (SSSR count). The van der Waals surface area contributed by atoms with Gasteiger partial charge in [-0.15, -0.1) is 11.3 Å². The van der Waals surface area contributed by atoms with Crippen LogP contribution in [0.2, 0.25) is 0 Å². The quantitative estimate of drug-likeness (QED) is 0.731. The van der Waals surface area contributed by atoms with Crippen LogP contribution in [0.15, 0.2) is 42.3 Å². The van der Waals surface area contributed by atoms with Gasteiger partial charge in [-0.25, -0.2) is 4.98 Å².